The van der Waals surface area contributed by atoms with Crippen LogP contribution in [-0.4, -0.2) is 54.1 Å². The van der Waals surface area contributed by atoms with Gasteiger partial charge in [-0.3, -0.25) is 4.79 Å². The molecule has 2 N–H and O–H groups in total. The highest BCUT2D eigenvalue weighted by Crippen LogP contribution is 2.40. The predicted molar refractivity (Wildman–Crippen MR) is 125 cm³/mol. The van der Waals surface area contributed by atoms with E-state index in [-0.39, 0.29) is 25.7 Å². The van der Waals surface area contributed by atoms with Gasteiger partial charge in [-0.25, -0.2) is 0 Å². The van der Waals surface area contributed by atoms with Crippen molar-refractivity contribution in [1.29, 1.82) is 0 Å². The lowest BCUT2D eigenvalue weighted by Crippen LogP contribution is -2.27. The first kappa shape index (κ1) is 26.6. The summed E-state index contributed by atoms with van der Waals surface area (Å²) in [6.07, 6.45) is -1.54. The van der Waals surface area contributed by atoms with Crippen molar-refractivity contribution in [2.45, 2.75) is 38.4 Å². The monoisotopic (exact) mass is 504 g/mol. The molecule has 0 fully saturated rings. The molecule has 0 aliphatic carbocycles. The van der Waals surface area contributed by atoms with E-state index in [1.54, 1.807) is 24.3 Å². The minimum atomic E-state index is -0.817. The molecular formula is C23H27Cl3O6. The van der Waals surface area contributed by atoms with E-state index >= 15 is 0 Å². The van der Waals surface area contributed by atoms with E-state index in [2.05, 4.69) is 0 Å². The van der Waals surface area contributed by atoms with Gasteiger partial charge >= 0.3 is 5.97 Å². The van der Waals surface area contributed by atoms with Gasteiger partial charge in [0.05, 0.1) is 22.5 Å². The Labute approximate surface area is 203 Å². The van der Waals surface area contributed by atoms with Crippen molar-refractivity contribution in [2.75, 3.05) is 25.7 Å². The first-order valence-corrected chi connectivity index (χ1v) is 11.2. The van der Waals surface area contributed by atoms with E-state index < -0.39 is 23.6 Å². The van der Waals surface area contributed by atoms with Crippen molar-refractivity contribution < 1.29 is 29.2 Å². The minimum absolute atomic E-state index is 0.0122. The van der Waals surface area contributed by atoms with Crippen molar-refractivity contribution >= 4 is 40.8 Å². The zero-order valence-corrected chi connectivity index (χ0v) is 20.4. The first-order valence-electron chi connectivity index (χ1n) is 9.96. The van der Waals surface area contributed by atoms with Crippen LogP contribution in [0.5, 0.6) is 11.5 Å². The second-order valence-corrected chi connectivity index (χ2v) is 8.89. The van der Waals surface area contributed by atoms with Gasteiger partial charge in [-0.05, 0) is 35.4 Å². The number of ether oxygens (including phenoxy) is 3. The first-order chi connectivity index (χ1) is 15.1. The molecule has 0 aromatic heterocycles. The van der Waals surface area contributed by atoms with Gasteiger partial charge < -0.3 is 24.4 Å². The average Bonchev–Trinajstić information content (AvgIpc) is 2.75. The number of aliphatic hydroxyl groups is 2. The summed E-state index contributed by atoms with van der Waals surface area (Å²) in [7, 11) is 0. The van der Waals surface area contributed by atoms with Gasteiger partial charge in [-0.15, -0.1) is 11.6 Å². The molecule has 0 spiro atoms. The van der Waals surface area contributed by atoms with Crippen LogP contribution < -0.4 is 9.47 Å². The number of hydrogen-bond donors (Lipinski definition) is 2. The highest BCUT2D eigenvalue weighted by molar-refractivity contribution is 6.37. The standard InChI is InChI=1S/C23H27Cl3O6/c1-14(28)32-19(11-27)13-30-18-6-4-15(5-7-18)23(2,3)16-8-20(25)22(21(26)9-16)31-12-17(29)10-24/h4-9,17,19,27,29H,10-13H2,1-3H3/t17-,19+/m0/s1. The number of carbonyl (C=O) groups is 1. The number of halogens is 3. The minimum Gasteiger partial charge on any atom is -0.490 e. The molecule has 2 atom stereocenters. The molecule has 0 amide bonds. The Kier molecular flexibility index (Phi) is 9.92. The third-order valence-corrected chi connectivity index (χ3v) is 5.78. The van der Waals surface area contributed by atoms with Crippen LogP contribution >= 0.6 is 34.8 Å². The summed E-state index contributed by atoms with van der Waals surface area (Å²) in [4.78, 5) is 11.0. The van der Waals surface area contributed by atoms with Gasteiger partial charge in [0, 0.05) is 12.3 Å². The van der Waals surface area contributed by atoms with Crippen molar-refractivity contribution in [2.24, 2.45) is 0 Å². The van der Waals surface area contributed by atoms with E-state index in [9.17, 15) is 15.0 Å². The van der Waals surface area contributed by atoms with E-state index in [4.69, 9.17) is 49.0 Å². The third-order valence-electron chi connectivity index (χ3n) is 4.87. The Bertz CT molecular complexity index is 878. The molecule has 32 heavy (non-hydrogen) atoms. The summed E-state index contributed by atoms with van der Waals surface area (Å²) < 4.78 is 16.1. The van der Waals surface area contributed by atoms with Crippen molar-refractivity contribution in [3.8, 4) is 11.5 Å². The average molecular weight is 506 g/mol. The Balaban J connectivity index is 2.14. The van der Waals surface area contributed by atoms with Crippen LogP contribution in [0.2, 0.25) is 10.0 Å². The predicted octanol–water partition coefficient (Wildman–Crippen LogP) is 4.60. The number of benzene rings is 2. The van der Waals surface area contributed by atoms with Gasteiger partial charge in [0.1, 0.15) is 25.1 Å². The summed E-state index contributed by atoms with van der Waals surface area (Å²) in [6.45, 7) is 5.05. The Hall–Kier alpha value is -1.70. The van der Waals surface area contributed by atoms with Crippen molar-refractivity contribution in [3.05, 3.63) is 57.6 Å². The fraction of sp³-hybridized carbons (Fsp3) is 0.435. The number of esters is 1. The number of aliphatic hydroxyl groups excluding tert-OH is 2. The maximum atomic E-state index is 11.0. The lowest BCUT2D eigenvalue weighted by atomic mass is 9.78. The lowest BCUT2D eigenvalue weighted by Gasteiger charge is -2.27. The molecule has 0 aliphatic rings. The largest absolute Gasteiger partial charge is 0.490 e. The molecule has 9 heteroatoms. The Morgan fingerprint density at radius 3 is 2.12 bits per heavy atom. The van der Waals surface area contributed by atoms with Crippen LogP contribution in [0, 0.1) is 0 Å². The molecule has 0 saturated carbocycles. The number of carbonyl (C=O) groups excluding carboxylic acids is 1. The SMILES string of the molecule is CC(=O)O[C@H](CO)COc1ccc(C(C)(C)c2cc(Cl)c(OC[C@@H](O)CCl)c(Cl)c2)cc1. The maximum Gasteiger partial charge on any atom is 0.303 e. The molecule has 0 saturated heterocycles. The van der Waals surface area contributed by atoms with Crippen molar-refractivity contribution in [1.82, 2.24) is 0 Å². The summed E-state index contributed by atoms with van der Waals surface area (Å²) in [5.74, 6) is 0.443. The molecule has 0 aliphatic heterocycles. The molecule has 0 bridgehead atoms. The fourth-order valence-electron chi connectivity index (χ4n) is 2.97. The van der Waals surface area contributed by atoms with Crippen LogP contribution in [0.4, 0.5) is 0 Å². The van der Waals surface area contributed by atoms with E-state index in [0.29, 0.717) is 21.5 Å². The molecule has 0 radical (unpaired) electrons. The van der Waals surface area contributed by atoms with Crippen LogP contribution in [-0.2, 0) is 14.9 Å². The zero-order chi connectivity index (χ0) is 23.9. The topological polar surface area (TPSA) is 85.2 Å². The van der Waals surface area contributed by atoms with Crippen LogP contribution in [0.15, 0.2) is 36.4 Å². The second-order valence-electron chi connectivity index (χ2n) is 7.76. The molecule has 2 rings (SSSR count). The highest BCUT2D eigenvalue weighted by Gasteiger charge is 2.26. The maximum absolute atomic E-state index is 11.0. The summed E-state index contributed by atoms with van der Waals surface area (Å²) >= 11 is 18.4. The van der Waals surface area contributed by atoms with E-state index in [0.717, 1.165) is 11.1 Å². The van der Waals surface area contributed by atoms with Crippen LogP contribution in [0.1, 0.15) is 31.9 Å². The fourth-order valence-corrected chi connectivity index (χ4v) is 3.65. The quantitative estimate of drug-likeness (QED) is 0.343. The van der Waals surface area contributed by atoms with Gasteiger partial charge in [-0.1, -0.05) is 49.2 Å². The smallest absolute Gasteiger partial charge is 0.303 e. The third kappa shape index (κ3) is 7.15. The van der Waals surface area contributed by atoms with Crippen molar-refractivity contribution in [3.63, 3.8) is 0 Å². The van der Waals surface area contributed by atoms with Crippen LogP contribution in [0.25, 0.3) is 0 Å². The molecule has 0 unspecified atom stereocenters. The van der Waals surface area contributed by atoms with Gasteiger partial charge in [0.2, 0.25) is 0 Å². The van der Waals surface area contributed by atoms with E-state index in [1.165, 1.54) is 6.92 Å². The van der Waals surface area contributed by atoms with Gasteiger partial charge in [-0.2, -0.15) is 0 Å². The van der Waals surface area contributed by atoms with Gasteiger partial charge in [0.25, 0.3) is 0 Å². The zero-order valence-electron chi connectivity index (χ0n) is 18.1. The summed E-state index contributed by atoms with van der Waals surface area (Å²) in [5.41, 5.74) is 1.43. The van der Waals surface area contributed by atoms with Crippen LogP contribution in [0.3, 0.4) is 0 Å². The molecule has 2 aromatic carbocycles. The summed E-state index contributed by atoms with van der Waals surface area (Å²) in [6, 6.07) is 11.0. The molecule has 6 nitrogen and oxygen atoms in total. The Morgan fingerprint density at radius 1 is 1.03 bits per heavy atom. The van der Waals surface area contributed by atoms with Gasteiger partial charge in [0.15, 0.2) is 11.9 Å². The number of rotatable bonds is 11. The summed E-state index contributed by atoms with van der Waals surface area (Å²) in [5, 5.41) is 19.5. The Morgan fingerprint density at radius 2 is 1.62 bits per heavy atom. The molecule has 2 aromatic rings. The molecular weight excluding hydrogens is 479 g/mol. The normalized spacial score (nSPS) is 13.4. The van der Waals surface area contributed by atoms with E-state index in [1.807, 2.05) is 26.0 Å². The highest BCUT2D eigenvalue weighted by atomic mass is 35.5. The number of alkyl halides is 1. The second kappa shape index (κ2) is 12.0. The lowest BCUT2D eigenvalue weighted by molar-refractivity contribution is -0.150. The molecule has 176 valence electrons. The molecule has 0 heterocycles. The number of hydrogen-bond acceptors (Lipinski definition) is 6.